The van der Waals surface area contributed by atoms with Gasteiger partial charge in [0.05, 0.1) is 29.4 Å². The maximum atomic E-state index is 12.4. The van der Waals surface area contributed by atoms with E-state index in [4.69, 9.17) is 10.5 Å². The third-order valence-electron chi connectivity index (χ3n) is 2.84. The molecule has 19 heavy (non-hydrogen) atoms. The van der Waals surface area contributed by atoms with Crippen LogP contribution in [-0.2, 0) is 16.6 Å². The molecule has 0 spiro atoms. The van der Waals surface area contributed by atoms with Gasteiger partial charge in [-0.05, 0) is 30.7 Å². The van der Waals surface area contributed by atoms with Gasteiger partial charge in [0.15, 0.2) is 0 Å². The highest BCUT2D eigenvalue weighted by atomic mass is 32.2. The quantitative estimate of drug-likeness (QED) is 0.870. The van der Waals surface area contributed by atoms with Gasteiger partial charge in [-0.3, -0.25) is 4.21 Å². The van der Waals surface area contributed by atoms with Crippen molar-refractivity contribution < 1.29 is 8.95 Å². The summed E-state index contributed by atoms with van der Waals surface area (Å²) in [5.74, 6) is 0.875. The number of nitrogen functional groups attached to an aromatic ring is 1. The van der Waals surface area contributed by atoms with Crippen molar-refractivity contribution >= 4 is 16.5 Å². The maximum Gasteiger partial charge on any atom is 0.213 e. The molecular weight excluding hydrogens is 260 g/mol. The lowest BCUT2D eigenvalue weighted by Crippen LogP contribution is -2.03. The molecule has 2 rings (SSSR count). The largest absolute Gasteiger partial charge is 0.481 e. The molecule has 2 N–H and O–H groups in total. The highest BCUT2D eigenvalue weighted by Crippen LogP contribution is 2.21. The predicted molar refractivity (Wildman–Crippen MR) is 76.5 cm³/mol. The molecule has 1 unspecified atom stereocenters. The van der Waals surface area contributed by atoms with Gasteiger partial charge in [-0.15, -0.1) is 0 Å². The summed E-state index contributed by atoms with van der Waals surface area (Å²) in [5, 5.41) is 0. The van der Waals surface area contributed by atoms with Crippen LogP contribution in [0.3, 0.4) is 0 Å². The number of rotatable bonds is 4. The Hall–Kier alpha value is -1.88. The van der Waals surface area contributed by atoms with E-state index in [9.17, 15) is 4.21 Å². The number of anilines is 1. The molecule has 1 aromatic carbocycles. The van der Waals surface area contributed by atoms with Crippen LogP contribution in [-0.4, -0.2) is 16.3 Å². The SMILES string of the molecule is COc1cccc(CS(=O)c2cccc(N)c2C)n1. The van der Waals surface area contributed by atoms with E-state index in [2.05, 4.69) is 4.98 Å². The van der Waals surface area contributed by atoms with Crippen molar-refractivity contribution in [3.8, 4) is 5.88 Å². The van der Waals surface area contributed by atoms with Crippen LogP contribution in [0, 0.1) is 6.92 Å². The molecule has 0 aliphatic heterocycles. The van der Waals surface area contributed by atoms with Crippen LogP contribution in [0.2, 0.25) is 0 Å². The number of pyridine rings is 1. The van der Waals surface area contributed by atoms with E-state index < -0.39 is 10.8 Å². The van der Waals surface area contributed by atoms with Crippen LogP contribution in [0.5, 0.6) is 5.88 Å². The molecular formula is C14H16N2O2S. The highest BCUT2D eigenvalue weighted by Gasteiger charge is 2.11. The Balaban J connectivity index is 2.23. The topological polar surface area (TPSA) is 65.2 Å². The van der Waals surface area contributed by atoms with Crippen molar-refractivity contribution in [2.24, 2.45) is 0 Å². The molecule has 0 fully saturated rings. The molecule has 4 nitrogen and oxygen atoms in total. The van der Waals surface area contributed by atoms with Crippen LogP contribution in [0.25, 0.3) is 0 Å². The van der Waals surface area contributed by atoms with E-state index >= 15 is 0 Å². The number of benzene rings is 1. The van der Waals surface area contributed by atoms with Crippen molar-refractivity contribution in [3.05, 3.63) is 47.7 Å². The van der Waals surface area contributed by atoms with Crippen molar-refractivity contribution in [2.75, 3.05) is 12.8 Å². The zero-order valence-corrected chi connectivity index (χ0v) is 11.7. The van der Waals surface area contributed by atoms with E-state index in [0.717, 1.165) is 16.2 Å². The van der Waals surface area contributed by atoms with E-state index in [1.54, 1.807) is 19.2 Å². The van der Waals surface area contributed by atoms with E-state index in [1.807, 2.05) is 31.2 Å². The fourth-order valence-electron chi connectivity index (χ4n) is 1.74. The Morgan fingerprint density at radius 3 is 2.74 bits per heavy atom. The summed E-state index contributed by atoms with van der Waals surface area (Å²) in [5.41, 5.74) is 8.08. The van der Waals surface area contributed by atoms with Gasteiger partial charge in [0.1, 0.15) is 0 Å². The van der Waals surface area contributed by atoms with E-state index in [1.165, 1.54) is 0 Å². The fraction of sp³-hybridized carbons (Fsp3) is 0.214. The van der Waals surface area contributed by atoms with Crippen molar-refractivity contribution in [2.45, 2.75) is 17.6 Å². The molecule has 1 atom stereocenters. The van der Waals surface area contributed by atoms with Gasteiger partial charge in [-0.1, -0.05) is 12.1 Å². The Morgan fingerprint density at radius 2 is 2.00 bits per heavy atom. The average molecular weight is 276 g/mol. The number of nitrogens with two attached hydrogens (primary N) is 1. The van der Waals surface area contributed by atoms with Crippen LogP contribution in [0.4, 0.5) is 5.69 Å². The summed E-state index contributed by atoms with van der Waals surface area (Å²) in [7, 11) is 0.396. The summed E-state index contributed by atoms with van der Waals surface area (Å²) < 4.78 is 17.4. The monoisotopic (exact) mass is 276 g/mol. The van der Waals surface area contributed by atoms with Crippen LogP contribution in [0.1, 0.15) is 11.3 Å². The molecule has 0 saturated heterocycles. The third kappa shape index (κ3) is 3.12. The number of methoxy groups -OCH3 is 1. The summed E-state index contributed by atoms with van der Waals surface area (Å²) in [4.78, 5) is 5.02. The smallest absolute Gasteiger partial charge is 0.213 e. The second-order valence-electron chi connectivity index (χ2n) is 4.13. The zero-order chi connectivity index (χ0) is 13.8. The summed E-state index contributed by atoms with van der Waals surface area (Å²) in [6.07, 6.45) is 0. The molecule has 2 aromatic rings. The predicted octanol–water partition coefficient (Wildman–Crippen LogP) is 2.29. The first kappa shape index (κ1) is 13.5. The highest BCUT2D eigenvalue weighted by molar-refractivity contribution is 7.84. The summed E-state index contributed by atoms with van der Waals surface area (Å²) in [6, 6.07) is 10.9. The number of nitrogens with zero attached hydrogens (tertiary/aromatic N) is 1. The first-order valence-electron chi connectivity index (χ1n) is 5.85. The third-order valence-corrected chi connectivity index (χ3v) is 4.33. The molecule has 5 heteroatoms. The van der Waals surface area contributed by atoms with Gasteiger partial charge in [-0.2, -0.15) is 0 Å². The standard InChI is InChI=1S/C14H16N2O2S/c1-10-12(15)6-4-7-13(10)19(17)9-11-5-3-8-14(16-11)18-2/h3-8H,9,15H2,1-2H3. The Bertz CT molecular complexity index is 614. The van der Waals surface area contributed by atoms with Crippen LogP contribution >= 0.6 is 0 Å². The molecule has 1 aromatic heterocycles. The van der Waals surface area contributed by atoms with Gasteiger partial charge in [0, 0.05) is 16.6 Å². The summed E-state index contributed by atoms with van der Waals surface area (Å²) in [6.45, 7) is 1.88. The Morgan fingerprint density at radius 1 is 1.26 bits per heavy atom. The maximum absolute atomic E-state index is 12.4. The van der Waals surface area contributed by atoms with Gasteiger partial charge >= 0.3 is 0 Å². The minimum atomic E-state index is -1.16. The first-order chi connectivity index (χ1) is 9.11. The average Bonchev–Trinajstić information content (AvgIpc) is 2.42. The Kier molecular flexibility index (Phi) is 4.16. The van der Waals surface area contributed by atoms with Crippen molar-refractivity contribution in [3.63, 3.8) is 0 Å². The second-order valence-corrected chi connectivity index (χ2v) is 5.55. The minimum absolute atomic E-state index is 0.349. The number of hydrogen-bond acceptors (Lipinski definition) is 4. The van der Waals surface area contributed by atoms with Crippen molar-refractivity contribution in [1.29, 1.82) is 0 Å². The molecule has 0 bridgehead atoms. The first-order valence-corrected chi connectivity index (χ1v) is 7.17. The van der Waals surface area contributed by atoms with E-state index in [0.29, 0.717) is 17.3 Å². The molecule has 0 radical (unpaired) electrons. The molecule has 0 aliphatic carbocycles. The molecule has 100 valence electrons. The number of hydrogen-bond donors (Lipinski definition) is 1. The van der Waals surface area contributed by atoms with Crippen molar-refractivity contribution in [1.82, 2.24) is 4.98 Å². The van der Waals surface area contributed by atoms with Gasteiger partial charge in [0.25, 0.3) is 0 Å². The lowest BCUT2D eigenvalue weighted by Gasteiger charge is -2.08. The second kappa shape index (κ2) is 5.84. The minimum Gasteiger partial charge on any atom is -0.481 e. The molecule has 0 aliphatic rings. The van der Waals surface area contributed by atoms with Crippen LogP contribution < -0.4 is 10.5 Å². The summed E-state index contributed by atoms with van der Waals surface area (Å²) >= 11 is 0. The Labute approximate surface area is 115 Å². The van der Waals surface area contributed by atoms with Crippen LogP contribution in [0.15, 0.2) is 41.3 Å². The molecule has 1 heterocycles. The van der Waals surface area contributed by atoms with Gasteiger partial charge in [-0.25, -0.2) is 4.98 Å². The van der Waals surface area contributed by atoms with Gasteiger partial charge < -0.3 is 10.5 Å². The lowest BCUT2D eigenvalue weighted by atomic mass is 10.2. The number of aromatic nitrogens is 1. The van der Waals surface area contributed by atoms with E-state index in [-0.39, 0.29) is 0 Å². The zero-order valence-electron chi connectivity index (χ0n) is 10.9. The fourth-order valence-corrected chi connectivity index (χ4v) is 3.02. The molecule has 0 saturated carbocycles. The lowest BCUT2D eigenvalue weighted by molar-refractivity contribution is 0.397. The van der Waals surface area contributed by atoms with Gasteiger partial charge in [0.2, 0.25) is 5.88 Å². The molecule has 0 amide bonds. The number of ether oxygens (including phenoxy) is 1. The normalized spacial score (nSPS) is 12.1.